The normalized spacial score (nSPS) is 29.1. The molecule has 0 spiro atoms. The minimum absolute atomic E-state index is 0.00832. The molecule has 6 nitrogen and oxygen atoms in total. The molecule has 2 N–H and O–H groups in total. The summed E-state index contributed by atoms with van der Waals surface area (Å²) in [7, 11) is -0.946. The molecule has 198 valence electrons. The molecule has 4 atom stereocenters. The maximum absolute atomic E-state index is 13.8. The molecule has 3 fully saturated rings. The van der Waals surface area contributed by atoms with Gasteiger partial charge in [-0.25, -0.2) is 0 Å². The Bertz CT molecular complexity index is 1130. The second kappa shape index (κ2) is 11.0. The molecule has 37 heavy (non-hydrogen) atoms. The molecule has 1 saturated carbocycles. The predicted molar refractivity (Wildman–Crippen MR) is 145 cm³/mol. The molecule has 2 heterocycles. The molecule has 2 saturated heterocycles. The van der Waals surface area contributed by atoms with Crippen LogP contribution >= 0.6 is 11.6 Å². The summed E-state index contributed by atoms with van der Waals surface area (Å²) < 4.78 is 6.08. The minimum Gasteiger partial charge on any atom is -0.508 e. The number of rotatable bonds is 6. The van der Waals surface area contributed by atoms with Crippen molar-refractivity contribution in [1.29, 1.82) is 0 Å². The summed E-state index contributed by atoms with van der Waals surface area (Å²) in [6, 6.07) is 4.97. The van der Waals surface area contributed by atoms with Gasteiger partial charge < -0.3 is 14.8 Å². The number of nitrogens with zero attached hydrogens (tertiary/aromatic N) is 1. The zero-order chi connectivity index (χ0) is 26.3. The van der Waals surface area contributed by atoms with E-state index in [4.69, 9.17) is 16.3 Å². The number of imide groups is 1. The number of fused-ring (bicyclic) bond motifs is 3. The Morgan fingerprint density at radius 3 is 2.65 bits per heavy atom. The lowest BCUT2D eigenvalue weighted by Gasteiger charge is -2.43. The van der Waals surface area contributed by atoms with Crippen molar-refractivity contribution in [2.75, 3.05) is 0 Å². The Kier molecular flexibility index (Phi) is 7.85. The number of hydrogen-bond acceptors (Lipinski definition) is 5. The summed E-state index contributed by atoms with van der Waals surface area (Å²) in [6.07, 6.45) is 10.1. The summed E-state index contributed by atoms with van der Waals surface area (Å²) in [6.45, 7) is 4.15. The van der Waals surface area contributed by atoms with Crippen LogP contribution < -0.4 is 0 Å². The zero-order valence-corrected chi connectivity index (χ0v) is 22.5. The highest BCUT2D eigenvalue weighted by molar-refractivity contribution is 6.43. The van der Waals surface area contributed by atoms with Gasteiger partial charge in [0.15, 0.2) is 0 Å². The smallest absolute Gasteiger partial charge is 0.455 e. The van der Waals surface area contributed by atoms with E-state index in [1.807, 2.05) is 13.0 Å². The second-order valence-electron chi connectivity index (χ2n) is 11.2. The Hall–Kier alpha value is -2.09. The summed E-state index contributed by atoms with van der Waals surface area (Å²) in [5, 5.41) is 20.8. The van der Waals surface area contributed by atoms with Crippen LogP contribution in [-0.2, 0) is 14.2 Å². The van der Waals surface area contributed by atoms with E-state index < -0.39 is 7.12 Å². The first-order valence-electron chi connectivity index (χ1n) is 13.9. The van der Waals surface area contributed by atoms with Crippen LogP contribution in [0.25, 0.3) is 6.08 Å². The molecular weight excluding hydrogens is 489 g/mol. The maximum atomic E-state index is 13.8. The van der Waals surface area contributed by atoms with Gasteiger partial charge in [0.2, 0.25) is 11.8 Å². The number of hydrogen-bond donors (Lipinski definition) is 2. The van der Waals surface area contributed by atoms with Gasteiger partial charge in [-0.05, 0) is 87.0 Å². The summed E-state index contributed by atoms with van der Waals surface area (Å²) >= 11 is 6.28. The van der Waals surface area contributed by atoms with Gasteiger partial charge in [-0.1, -0.05) is 55.0 Å². The van der Waals surface area contributed by atoms with Crippen LogP contribution in [0.3, 0.4) is 0 Å². The van der Waals surface area contributed by atoms with E-state index in [-0.39, 0.29) is 47.5 Å². The molecule has 0 aromatic heterocycles. The van der Waals surface area contributed by atoms with Crippen LogP contribution in [-0.4, -0.2) is 46.1 Å². The van der Waals surface area contributed by atoms with Crippen LogP contribution in [0, 0.1) is 17.8 Å². The molecule has 0 radical (unpaired) electrons. The molecule has 2 aliphatic carbocycles. The van der Waals surface area contributed by atoms with Gasteiger partial charge in [0, 0.05) is 6.04 Å². The Morgan fingerprint density at radius 2 is 1.95 bits per heavy atom. The summed E-state index contributed by atoms with van der Waals surface area (Å²) in [5.74, 6) is -0.717. The predicted octanol–water partition coefficient (Wildman–Crippen LogP) is 5.77. The van der Waals surface area contributed by atoms with E-state index in [0.717, 1.165) is 55.2 Å². The van der Waals surface area contributed by atoms with Crippen LogP contribution in [0.1, 0.15) is 77.2 Å². The number of phenols is 1. The van der Waals surface area contributed by atoms with Gasteiger partial charge in [0.05, 0.1) is 23.0 Å². The average Bonchev–Trinajstić information content (AvgIpc) is 3.13. The largest absolute Gasteiger partial charge is 0.508 e. The number of carbonyl (C=O) groups is 2. The number of benzene rings is 1. The first-order chi connectivity index (χ1) is 17.8. The van der Waals surface area contributed by atoms with Gasteiger partial charge in [-0.15, -0.1) is 0 Å². The van der Waals surface area contributed by atoms with Gasteiger partial charge in [0.25, 0.3) is 0 Å². The molecule has 4 aliphatic rings. The van der Waals surface area contributed by atoms with Crippen molar-refractivity contribution >= 4 is 36.6 Å². The number of amides is 2. The van der Waals surface area contributed by atoms with E-state index in [2.05, 4.69) is 6.92 Å². The summed E-state index contributed by atoms with van der Waals surface area (Å²) in [5.41, 5.74) is 4.32. The highest BCUT2D eigenvalue weighted by Gasteiger charge is 2.58. The minimum atomic E-state index is -0.946. The van der Waals surface area contributed by atoms with Crippen LogP contribution in [0.2, 0.25) is 11.3 Å². The van der Waals surface area contributed by atoms with E-state index in [1.54, 1.807) is 17.0 Å². The van der Waals surface area contributed by atoms with Crippen molar-refractivity contribution < 1.29 is 24.4 Å². The molecule has 5 rings (SSSR count). The molecule has 0 bridgehead atoms. The third-order valence-corrected chi connectivity index (χ3v) is 9.22. The fourth-order valence-electron chi connectivity index (χ4n) is 7.16. The molecule has 1 aromatic rings. The zero-order valence-electron chi connectivity index (χ0n) is 21.8. The fourth-order valence-corrected chi connectivity index (χ4v) is 7.39. The quantitative estimate of drug-likeness (QED) is 0.280. The van der Waals surface area contributed by atoms with Crippen molar-refractivity contribution in [3.05, 3.63) is 45.5 Å². The van der Waals surface area contributed by atoms with Crippen LogP contribution in [0.15, 0.2) is 34.9 Å². The van der Waals surface area contributed by atoms with Crippen molar-refractivity contribution in [2.24, 2.45) is 17.8 Å². The van der Waals surface area contributed by atoms with Gasteiger partial charge in [-0.2, -0.15) is 0 Å². The van der Waals surface area contributed by atoms with E-state index in [0.29, 0.717) is 24.2 Å². The van der Waals surface area contributed by atoms with Gasteiger partial charge in [0.1, 0.15) is 5.75 Å². The molecular formula is C29H37BClNO5. The molecule has 0 unspecified atom stereocenters. The highest BCUT2D eigenvalue weighted by atomic mass is 35.5. The van der Waals surface area contributed by atoms with E-state index >= 15 is 0 Å². The highest BCUT2D eigenvalue weighted by Crippen LogP contribution is 2.52. The standard InChI is InChI=1S/C29H37BClNO5/c1-3-18-14-22-27(29(35)32(28(22)34)20-7-5-4-6-8-20)23-16-30(36)37-25(26(18)23)12-9-17(2)13-19-10-11-21(33)15-24(19)31/h10-11,13,15,20,22-23,25,27,33,36H,3-9,12,14,16H2,1-2H3/b17-13+/t22-,23+,25-,27-/m1/s1. The Balaban J connectivity index is 1.38. The molecule has 1 aromatic carbocycles. The van der Waals surface area contributed by atoms with E-state index in [9.17, 15) is 19.7 Å². The SMILES string of the molecule is CCC1=C2[C@@H](CC/C(C)=C/c3ccc(O)cc3Cl)OB(O)C[C@@H]2[C@@H]2C(=O)N(C3CCCCC3)C(=O)[C@@H]2C1. The first kappa shape index (κ1) is 26.5. The van der Waals surface area contributed by atoms with Crippen LogP contribution in [0.4, 0.5) is 0 Å². The number of likely N-dealkylation sites (tertiary alicyclic amines) is 1. The third-order valence-electron chi connectivity index (χ3n) is 8.90. The average molecular weight is 526 g/mol. The lowest BCUT2D eigenvalue weighted by atomic mass is 9.58. The van der Waals surface area contributed by atoms with Crippen molar-refractivity contribution in [2.45, 2.75) is 90.1 Å². The summed E-state index contributed by atoms with van der Waals surface area (Å²) in [4.78, 5) is 28.9. The molecule has 2 aliphatic heterocycles. The Morgan fingerprint density at radius 1 is 1.19 bits per heavy atom. The Labute approximate surface area is 224 Å². The van der Waals surface area contributed by atoms with Crippen LogP contribution in [0.5, 0.6) is 5.75 Å². The maximum Gasteiger partial charge on any atom is 0.455 e. The number of phenolic OH excluding ortho intramolecular Hbond substituents is 1. The lowest BCUT2D eigenvalue weighted by Crippen LogP contribution is -2.46. The van der Waals surface area contributed by atoms with E-state index in [1.165, 1.54) is 18.1 Å². The monoisotopic (exact) mass is 525 g/mol. The first-order valence-corrected chi connectivity index (χ1v) is 14.2. The third kappa shape index (κ3) is 5.15. The number of carbonyl (C=O) groups excluding carboxylic acids is 2. The lowest BCUT2D eigenvalue weighted by molar-refractivity contribution is -0.143. The molecule has 8 heteroatoms. The molecule has 2 amide bonds. The number of allylic oxidation sites excluding steroid dienone is 2. The van der Waals surface area contributed by atoms with Gasteiger partial charge in [-0.3, -0.25) is 14.5 Å². The fraction of sp³-hybridized carbons (Fsp3) is 0.586. The number of halogens is 1. The van der Waals surface area contributed by atoms with Crippen molar-refractivity contribution in [1.82, 2.24) is 4.90 Å². The van der Waals surface area contributed by atoms with Gasteiger partial charge >= 0.3 is 7.12 Å². The topological polar surface area (TPSA) is 87.1 Å². The van der Waals surface area contributed by atoms with Crippen molar-refractivity contribution in [3.8, 4) is 5.75 Å². The number of aromatic hydroxyl groups is 1. The van der Waals surface area contributed by atoms with Crippen molar-refractivity contribution in [3.63, 3.8) is 0 Å². The second-order valence-corrected chi connectivity index (χ2v) is 11.7.